The molecule has 1 aromatic heterocycles. The summed E-state index contributed by atoms with van der Waals surface area (Å²) < 4.78 is 19.2. The van der Waals surface area contributed by atoms with Gasteiger partial charge in [-0.1, -0.05) is 6.42 Å². The molecular formula is C13H20FN3O. The lowest BCUT2D eigenvalue weighted by Gasteiger charge is -2.26. The molecule has 5 heteroatoms. The molecule has 1 saturated heterocycles. The van der Waals surface area contributed by atoms with Crippen molar-refractivity contribution < 1.29 is 9.13 Å². The minimum atomic E-state index is -0.432. The van der Waals surface area contributed by atoms with E-state index in [0.717, 1.165) is 19.6 Å². The number of hydrogen-bond acceptors (Lipinski definition) is 4. The molecule has 1 aliphatic rings. The Morgan fingerprint density at radius 1 is 1.33 bits per heavy atom. The third kappa shape index (κ3) is 3.40. The van der Waals surface area contributed by atoms with Crippen LogP contribution in [0, 0.1) is 5.82 Å². The first kappa shape index (κ1) is 13.2. The van der Waals surface area contributed by atoms with Crippen LogP contribution in [0.25, 0.3) is 0 Å². The van der Waals surface area contributed by atoms with Crippen molar-refractivity contribution in [3.8, 4) is 5.88 Å². The van der Waals surface area contributed by atoms with Gasteiger partial charge in [0.25, 0.3) is 5.88 Å². The summed E-state index contributed by atoms with van der Waals surface area (Å²) in [4.78, 5) is 6.24. The minimum absolute atomic E-state index is 0.0648. The van der Waals surface area contributed by atoms with Gasteiger partial charge in [0.2, 0.25) is 0 Å². The van der Waals surface area contributed by atoms with Gasteiger partial charge in [-0.25, -0.2) is 9.37 Å². The lowest BCUT2D eigenvalue weighted by atomic mass is 10.1. The number of pyridine rings is 1. The standard InChI is InChI=1S/C13H20FN3O/c14-12-11(10-15)4-5-16-13(12)18-9-8-17-6-2-1-3-7-17/h4-5H,1-3,6-10,15H2. The van der Waals surface area contributed by atoms with E-state index in [1.165, 1.54) is 25.5 Å². The summed E-state index contributed by atoms with van der Waals surface area (Å²) in [6.45, 7) is 3.69. The number of ether oxygens (including phenoxy) is 1. The molecule has 0 spiro atoms. The molecule has 0 aromatic carbocycles. The fourth-order valence-electron chi connectivity index (χ4n) is 2.17. The van der Waals surface area contributed by atoms with Crippen LogP contribution < -0.4 is 10.5 Å². The molecule has 0 unspecified atom stereocenters. The molecule has 0 bridgehead atoms. The summed E-state index contributed by atoms with van der Waals surface area (Å²) in [6.07, 6.45) is 5.33. The van der Waals surface area contributed by atoms with Gasteiger partial charge < -0.3 is 10.5 Å². The van der Waals surface area contributed by atoms with E-state index in [9.17, 15) is 4.39 Å². The van der Waals surface area contributed by atoms with Crippen LogP contribution in [0.1, 0.15) is 24.8 Å². The molecule has 0 aliphatic carbocycles. The molecule has 0 radical (unpaired) electrons. The second kappa shape index (κ2) is 6.66. The largest absolute Gasteiger partial charge is 0.474 e. The summed E-state index contributed by atoms with van der Waals surface area (Å²) in [5.74, 6) is -0.367. The van der Waals surface area contributed by atoms with Crippen LogP contribution in [0.3, 0.4) is 0 Å². The first-order valence-corrected chi connectivity index (χ1v) is 6.50. The van der Waals surface area contributed by atoms with Crippen molar-refractivity contribution in [3.63, 3.8) is 0 Å². The quantitative estimate of drug-likeness (QED) is 0.865. The van der Waals surface area contributed by atoms with Crippen LogP contribution in [-0.4, -0.2) is 36.1 Å². The number of nitrogens with zero attached hydrogens (tertiary/aromatic N) is 2. The van der Waals surface area contributed by atoms with Crippen LogP contribution >= 0.6 is 0 Å². The average Bonchev–Trinajstić information content (AvgIpc) is 2.42. The van der Waals surface area contributed by atoms with Gasteiger partial charge in [-0.3, -0.25) is 4.90 Å². The molecule has 2 heterocycles. The molecule has 18 heavy (non-hydrogen) atoms. The lowest BCUT2D eigenvalue weighted by molar-refractivity contribution is 0.177. The fraction of sp³-hybridized carbons (Fsp3) is 0.615. The highest BCUT2D eigenvalue weighted by Crippen LogP contribution is 2.17. The van der Waals surface area contributed by atoms with Gasteiger partial charge in [-0.15, -0.1) is 0 Å². The van der Waals surface area contributed by atoms with Gasteiger partial charge in [0.1, 0.15) is 6.61 Å². The summed E-state index contributed by atoms with van der Waals surface area (Å²) in [5, 5.41) is 0. The highest BCUT2D eigenvalue weighted by molar-refractivity contribution is 5.23. The fourth-order valence-corrected chi connectivity index (χ4v) is 2.17. The van der Waals surface area contributed by atoms with Gasteiger partial charge in [-0.05, 0) is 32.0 Å². The second-order valence-corrected chi connectivity index (χ2v) is 4.54. The molecule has 0 amide bonds. The monoisotopic (exact) mass is 253 g/mol. The number of halogens is 1. The number of rotatable bonds is 5. The Kier molecular flexibility index (Phi) is 4.90. The van der Waals surface area contributed by atoms with E-state index < -0.39 is 5.82 Å². The Balaban J connectivity index is 1.82. The maximum Gasteiger partial charge on any atom is 0.250 e. The van der Waals surface area contributed by atoms with E-state index in [0.29, 0.717) is 12.2 Å². The Bertz CT molecular complexity index is 380. The number of aromatic nitrogens is 1. The van der Waals surface area contributed by atoms with Crippen molar-refractivity contribution >= 4 is 0 Å². The van der Waals surface area contributed by atoms with Gasteiger partial charge in [0, 0.05) is 24.8 Å². The molecule has 4 nitrogen and oxygen atoms in total. The number of likely N-dealkylation sites (tertiary alicyclic amines) is 1. The maximum absolute atomic E-state index is 13.8. The van der Waals surface area contributed by atoms with E-state index in [-0.39, 0.29) is 12.4 Å². The Morgan fingerprint density at radius 2 is 2.11 bits per heavy atom. The van der Waals surface area contributed by atoms with Crippen molar-refractivity contribution in [2.45, 2.75) is 25.8 Å². The van der Waals surface area contributed by atoms with Crippen molar-refractivity contribution in [3.05, 3.63) is 23.6 Å². The van der Waals surface area contributed by atoms with Crippen LogP contribution in [0.2, 0.25) is 0 Å². The van der Waals surface area contributed by atoms with Crippen LogP contribution in [0.4, 0.5) is 4.39 Å². The average molecular weight is 253 g/mol. The molecule has 1 aliphatic heterocycles. The zero-order valence-corrected chi connectivity index (χ0v) is 10.6. The summed E-state index contributed by atoms with van der Waals surface area (Å²) in [5.41, 5.74) is 5.88. The third-order valence-electron chi connectivity index (χ3n) is 3.25. The molecule has 1 fully saturated rings. The highest BCUT2D eigenvalue weighted by Gasteiger charge is 2.12. The number of hydrogen-bond donors (Lipinski definition) is 1. The van der Waals surface area contributed by atoms with Crippen molar-refractivity contribution in [2.75, 3.05) is 26.2 Å². The lowest BCUT2D eigenvalue weighted by Crippen LogP contribution is -2.33. The van der Waals surface area contributed by atoms with E-state index in [4.69, 9.17) is 10.5 Å². The van der Waals surface area contributed by atoms with Crippen molar-refractivity contribution in [2.24, 2.45) is 5.73 Å². The van der Waals surface area contributed by atoms with Crippen LogP contribution in [0.5, 0.6) is 5.88 Å². The molecule has 0 atom stereocenters. The SMILES string of the molecule is NCc1ccnc(OCCN2CCCCC2)c1F. The van der Waals surface area contributed by atoms with Gasteiger partial charge in [0.05, 0.1) is 0 Å². The number of piperidine rings is 1. The first-order chi connectivity index (χ1) is 8.81. The second-order valence-electron chi connectivity index (χ2n) is 4.54. The third-order valence-corrected chi connectivity index (χ3v) is 3.25. The van der Waals surface area contributed by atoms with Gasteiger partial charge in [-0.2, -0.15) is 0 Å². The predicted molar refractivity (Wildman–Crippen MR) is 67.9 cm³/mol. The minimum Gasteiger partial charge on any atom is -0.474 e. The Hall–Kier alpha value is -1.20. The van der Waals surface area contributed by atoms with Crippen LogP contribution in [-0.2, 0) is 6.54 Å². The van der Waals surface area contributed by atoms with Gasteiger partial charge >= 0.3 is 0 Å². The smallest absolute Gasteiger partial charge is 0.250 e. The zero-order chi connectivity index (χ0) is 12.8. The Morgan fingerprint density at radius 3 is 2.83 bits per heavy atom. The normalized spacial score (nSPS) is 16.8. The van der Waals surface area contributed by atoms with E-state index in [1.54, 1.807) is 6.07 Å². The highest BCUT2D eigenvalue weighted by atomic mass is 19.1. The summed E-state index contributed by atoms with van der Waals surface area (Å²) in [6, 6.07) is 1.58. The topological polar surface area (TPSA) is 51.4 Å². The van der Waals surface area contributed by atoms with E-state index >= 15 is 0 Å². The van der Waals surface area contributed by atoms with Crippen molar-refractivity contribution in [1.29, 1.82) is 0 Å². The van der Waals surface area contributed by atoms with E-state index in [2.05, 4.69) is 9.88 Å². The van der Waals surface area contributed by atoms with E-state index in [1.807, 2.05) is 0 Å². The molecule has 2 rings (SSSR count). The van der Waals surface area contributed by atoms with Gasteiger partial charge in [0.15, 0.2) is 5.82 Å². The molecule has 2 N–H and O–H groups in total. The molecule has 100 valence electrons. The molecule has 1 aromatic rings. The molecule has 0 saturated carbocycles. The molecular weight excluding hydrogens is 233 g/mol. The maximum atomic E-state index is 13.8. The summed E-state index contributed by atoms with van der Waals surface area (Å²) >= 11 is 0. The van der Waals surface area contributed by atoms with Crippen molar-refractivity contribution in [1.82, 2.24) is 9.88 Å². The van der Waals surface area contributed by atoms with Crippen LogP contribution in [0.15, 0.2) is 12.3 Å². The number of nitrogens with two attached hydrogens (primary N) is 1. The Labute approximate surface area is 107 Å². The summed E-state index contributed by atoms with van der Waals surface area (Å²) in [7, 11) is 0. The first-order valence-electron chi connectivity index (χ1n) is 6.50. The zero-order valence-electron chi connectivity index (χ0n) is 10.6. The predicted octanol–water partition coefficient (Wildman–Crippen LogP) is 1.54.